The van der Waals surface area contributed by atoms with E-state index in [0.29, 0.717) is 6.54 Å². The molecule has 1 atom stereocenters. The second-order valence-corrected chi connectivity index (χ2v) is 7.17. The van der Waals surface area contributed by atoms with Crippen LogP contribution in [0.2, 0.25) is 0 Å². The maximum atomic E-state index is 13.0. The highest BCUT2D eigenvalue weighted by molar-refractivity contribution is 5.78. The molecule has 7 heteroatoms. The number of hydrogen-bond donors (Lipinski definition) is 0. The first-order valence-electron chi connectivity index (χ1n) is 9.22. The number of imidazole rings is 1. The summed E-state index contributed by atoms with van der Waals surface area (Å²) in [4.78, 5) is 31.7. The predicted octanol–water partition coefficient (Wildman–Crippen LogP) is 2.11. The minimum absolute atomic E-state index is 0.0413. The molecule has 0 N–H and O–H groups in total. The Kier molecular flexibility index (Phi) is 4.30. The van der Waals surface area contributed by atoms with Gasteiger partial charge in [0.15, 0.2) is 0 Å². The zero-order chi connectivity index (χ0) is 19.1. The summed E-state index contributed by atoms with van der Waals surface area (Å²) < 4.78 is 3.32. The van der Waals surface area contributed by atoms with Gasteiger partial charge in [-0.25, -0.2) is 9.67 Å². The van der Waals surface area contributed by atoms with Crippen molar-refractivity contribution < 1.29 is 4.79 Å². The Bertz CT molecular complexity index is 1080. The third-order valence-electron chi connectivity index (χ3n) is 5.41. The average Bonchev–Trinajstić information content (AvgIpc) is 3.25. The molecule has 27 heavy (non-hydrogen) atoms. The summed E-state index contributed by atoms with van der Waals surface area (Å²) in [5, 5.41) is 4.27. The highest BCUT2D eigenvalue weighted by Gasteiger charge is 2.33. The molecular formula is C20H23N5O2. The van der Waals surface area contributed by atoms with Crippen molar-refractivity contribution in [2.75, 3.05) is 6.54 Å². The van der Waals surface area contributed by atoms with Crippen LogP contribution in [0.1, 0.15) is 36.0 Å². The van der Waals surface area contributed by atoms with Gasteiger partial charge < -0.3 is 9.47 Å². The van der Waals surface area contributed by atoms with E-state index >= 15 is 0 Å². The molecule has 3 heterocycles. The number of hydrogen-bond acceptors (Lipinski definition) is 4. The molecular weight excluding hydrogens is 342 g/mol. The van der Waals surface area contributed by atoms with Crippen LogP contribution in [-0.4, -0.2) is 36.7 Å². The SMILES string of the molecule is Cc1cc(=O)n(CC(=O)N2CCC[C@H]2c2nc3ccccc3n2C)nc1C. The highest BCUT2D eigenvalue weighted by Crippen LogP contribution is 2.33. The monoisotopic (exact) mass is 365 g/mol. The molecule has 1 amide bonds. The van der Waals surface area contributed by atoms with Gasteiger partial charge >= 0.3 is 0 Å². The van der Waals surface area contributed by atoms with Crippen LogP contribution < -0.4 is 5.56 Å². The van der Waals surface area contributed by atoms with Crippen LogP contribution >= 0.6 is 0 Å². The molecule has 0 aliphatic carbocycles. The van der Waals surface area contributed by atoms with Gasteiger partial charge in [0, 0.05) is 19.7 Å². The van der Waals surface area contributed by atoms with E-state index in [1.54, 1.807) is 0 Å². The minimum atomic E-state index is -0.245. The Morgan fingerprint density at radius 2 is 2.04 bits per heavy atom. The van der Waals surface area contributed by atoms with Crippen LogP contribution in [-0.2, 0) is 18.4 Å². The topological polar surface area (TPSA) is 73.0 Å². The second-order valence-electron chi connectivity index (χ2n) is 7.17. The largest absolute Gasteiger partial charge is 0.331 e. The van der Waals surface area contributed by atoms with Gasteiger partial charge in [-0.1, -0.05) is 12.1 Å². The third kappa shape index (κ3) is 3.03. The van der Waals surface area contributed by atoms with Crippen molar-refractivity contribution in [2.45, 2.75) is 39.3 Å². The van der Waals surface area contributed by atoms with Crippen LogP contribution in [0.15, 0.2) is 35.1 Å². The molecule has 0 bridgehead atoms. The molecule has 0 saturated carbocycles. The molecule has 1 aromatic carbocycles. The van der Waals surface area contributed by atoms with Crippen LogP contribution in [0.4, 0.5) is 0 Å². The summed E-state index contributed by atoms with van der Waals surface area (Å²) in [6.07, 6.45) is 1.80. The predicted molar refractivity (Wildman–Crippen MR) is 102 cm³/mol. The quantitative estimate of drug-likeness (QED) is 0.713. The van der Waals surface area contributed by atoms with Crippen molar-refractivity contribution >= 4 is 16.9 Å². The van der Waals surface area contributed by atoms with E-state index in [9.17, 15) is 9.59 Å². The summed E-state index contributed by atoms with van der Waals surface area (Å²) in [6, 6.07) is 9.43. The van der Waals surface area contributed by atoms with Gasteiger partial charge in [0.25, 0.3) is 5.56 Å². The van der Waals surface area contributed by atoms with E-state index < -0.39 is 0 Å². The van der Waals surface area contributed by atoms with E-state index in [4.69, 9.17) is 4.98 Å². The first kappa shape index (κ1) is 17.5. The first-order chi connectivity index (χ1) is 13.0. The summed E-state index contributed by atoms with van der Waals surface area (Å²) in [5.74, 6) is 0.796. The fourth-order valence-electron chi connectivity index (χ4n) is 3.80. The number of aromatic nitrogens is 4. The Balaban J connectivity index is 1.63. The summed E-state index contributed by atoms with van der Waals surface area (Å²) in [6.45, 7) is 4.32. The standard InChI is InChI=1S/C20H23N5O2/c1-13-11-18(26)25(22-14(13)2)12-19(27)24-10-6-9-17(24)20-21-15-7-4-5-8-16(15)23(20)3/h4-5,7-8,11,17H,6,9-10,12H2,1-3H3/t17-/m0/s1. The lowest BCUT2D eigenvalue weighted by atomic mass is 10.2. The van der Waals surface area contributed by atoms with E-state index in [0.717, 1.165) is 41.0 Å². The molecule has 140 valence electrons. The lowest BCUT2D eigenvalue weighted by Gasteiger charge is -2.24. The zero-order valence-electron chi connectivity index (χ0n) is 15.8. The van der Waals surface area contributed by atoms with Gasteiger partial charge in [0.05, 0.1) is 22.8 Å². The van der Waals surface area contributed by atoms with Crippen molar-refractivity contribution in [2.24, 2.45) is 7.05 Å². The minimum Gasteiger partial charge on any atom is -0.331 e. The van der Waals surface area contributed by atoms with Crippen molar-refractivity contribution in [3.8, 4) is 0 Å². The van der Waals surface area contributed by atoms with E-state index in [-0.39, 0.29) is 24.1 Å². The number of fused-ring (bicyclic) bond motifs is 1. The maximum Gasteiger partial charge on any atom is 0.267 e. The summed E-state index contributed by atoms with van der Waals surface area (Å²) in [5.41, 5.74) is 3.34. The van der Waals surface area contributed by atoms with Crippen molar-refractivity contribution in [3.63, 3.8) is 0 Å². The maximum absolute atomic E-state index is 13.0. The molecule has 2 aromatic heterocycles. The third-order valence-corrected chi connectivity index (χ3v) is 5.41. The second kappa shape index (κ2) is 6.64. The fourth-order valence-corrected chi connectivity index (χ4v) is 3.80. The lowest BCUT2D eigenvalue weighted by molar-refractivity contribution is -0.133. The number of carbonyl (C=O) groups is 1. The zero-order valence-corrected chi connectivity index (χ0v) is 15.8. The van der Waals surface area contributed by atoms with Gasteiger partial charge in [0.2, 0.25) is 5.91 Å². The molecule has 7 nitrogen and oxygen atoms in total. The normalized spacial score (nSPS) is 17.0. The van der Waals surface area contributed by atoms with Gasteiger partial charge in [-0.3, -0.25) is 9.59 Å². The molecule has 0 radical (unpaired) electrons. The van der Waals surface area contributed by atoms with Gasteiger partial charge in [-0.2, -0.15) is 5.10 Å². The van der Waals surface area contributed by atoms with Crippen molar-refractivity contribution in [1.29, 1.82) is 0 Å². The molecule has 3 aromatic rings. The van der Waals surface area contributed by atoms with Crippen LogP contribution in [0, 0.1) is 13.8 Å². The van der Waals surface area contributed by atoms with Gasteiger partial charge in [-0.05, 0) is 44.4 Å². The summed E-state index contributed by atoms with van der Waals surface area (Å²) >= 11 is 0. The number of likely N-dealkylation sites (tertiary alicyclic amines) is 1. The molecule has 0 spiro atoms. The molecule has 4 rings (SSSR count). The number of nitrogens with zero attached hydrogens (tertiary/aromatic N) is 5. The molecule has 1 saturated heterocycles. The lowest BCUT2D eigenvalue weighted by Crippen LogP contribution is -2.37. The molecule has 1 aliphatic heterocycles. The van der Waals surface area contributed by atoms with E-state index in [1.165, 1.54) is 10.7 Å². The number of rotatable bonds is 3. The average molecular weight is 365 g/mol. The molecule has 0 unspecified atom stereocenters. The summed E-state index contributed by atoms with van der Waals surface area (Å²) in [7, 11) is 1.99. The Hall–Kier alpha value is -2.96. The Morgan fingerprint density at radius 3 is 2.81 bits per heavy atom. The number of amides is 1. The van der Waals surface area contributed by atoms with Crippen molar-refractivity contribution in [3.05, 3.63) is 57.8 Å². The Labute approximate surface area is 157 Å². The van der Waals surface area contributed by atoms with Gasteiger partial charge in [0.1, 0.15) is 12.4 Å². The van der Waals surface area contributed by atoms with Gasteiger partial charge in [-0.15, -0.1) is 0 Å². The molecule has 1 aliphatic rings. The number of benzene rings is 1. The van der Waals surface area contributed by atoms with E-state index in [2.05, 4.69) is 9.67 Å². The fraction of sp³-hybridized carbons (Fsp3) is 0.400. The number of carbonyl (C=O) groups excluding carboxylic acids is 1. The van der Waals surface area contributed by atoms with Crippen LogP contribution in [0.5, 0.6) is 0 Å². The number of para-hydroxylation sites is 2. The van der Waals surface area contributed by atoms with E-state index in [1.807, 2.05) is 50.1 Å². The van der Waals surface area contributed by atoms with Crippen molar-refractivity contribution in [1.82, 2.24) is 24.2 Å². The first-order valence-corrected chi connectivity index (χ1v) is 9.22. The molecule has 1 fully saturated rings. The Morgan fingerprint density at radius 1 is 1.26 bits per heavy atom. The smallest absolute Gasteiger partial charge is 0.267 e. The van der Waals surface area contributed by atoms with Crippen LogP contribution in [0.3, 0.4) is 0 Å². The van der Waals surface area contributed by atoms with Crippen LogP contribution in [0.25, 0.3) is 11.0 Å². The highest BCUT2D eigenvalue weighted by atomic mass is 16.2. The number of aryl methyl sites for hydroxylation is 3.